The van der Waals surface area contributed by atoms with E-state index in [1.54, 1.807) is 24.3 Å². The SMILES string of the molecule is COCCNC(=O)NCc1ccc(-c2noc(C(F)(F)F)n2)cc1. The van der Waals surface area contributed by atoms with E-state index in [1.165, 1.54) is 7.11 Å². The summed E-state index contributed by atoms with van der Waals surface area (Å²) in [5, 5.41) is 8.53. The van der Waals surface area contributed by atoms with Gasteiger partial charge < -0.3 is 19.9 Å². The van der Waals surface area contributed by atoms with Gasteiger partial charge in [-0.2, -0.15) is 18.2 Å². The number of aromatic nitrogens is 2. The van der Waals surface area contributed by atoms with Crippen molar-refractivity contribution in [3.8, 4) is 11.4 Å². The normalized spacial score (nSPS) is 11.3. The third kappa shape index (κ3) is 4.95. The van der Waals surface area contributed by atoms with Crippen LogP contribution in [0.5, 0.6) is 0 Å². The molecule has 0 aliphatic rings. The standard InChI is InChI=1S/C14H15F3N4O3/c1-23-7-6-18-13(22)19-8-9-2-4-10(5-3-9)11-20-12(24-21-11)14(15,16)17/h2-5H,6-8H2,1H3,(H2,18,19,22). The molecule has 0 atom stereocenters. The minimum absolute atomic E-state index is 0.154. The van der Waals surface area contributed by atoms with Crippen molar-refractivity contribution in [3.63, 3.8) is 0 Å². The monoisotopic (exact) mass is 344 g/mol. The van der Waals surface area contributed by atoms with E-state index in [-0.39, 0.29) is 18.4 Å². The van der Waals surface area contributed by atoms with Gasteiger partial charge in [-0.05, 0) is 5.56 Å². The van der Waals surface area contributed by atoms with E-state index < -0.39 is 12.1 Å². The second-order valence-corrected chi connectivity index (χ2v) is 4.72. The summed E-state index contributed by atoms with van der Waals surface area (Å²) in [6, 6.07) is 6.04. The molecule has 0 bridgehead atoms. The zero-order valence-electron chi connectivity index (χ0n) is 12.7. The van der Waals surface area contributed by atoms with Crippen LogP contribution >= 0.6 is 0 Å². The minimum Gasteiger partial charge on any atom is -0.383 e. The fourth-order valence-electron chi connectivity index (χ4n) is 1.74. The van der Waals surface area contributed by atoms with Crippen LogP contribution in [-0.4, -0.2) is 36.4 Å². The lowest BCUT2D eigenvalue weighted by Crippen LogP contribution is -2.36. The summed E-state index contributed by atoms with van der Waals surface area (Å²) in [4.78, 5) is 14.8. The molecule has 1 aromatic carbocycles. The quantitative estimate of drug-likeness (QED) is 0.784. The predicted octanol–water partition coefficient (Wildman–Crippen LogP) is 2.20. The second kappa shape index (κ2) is 7.77. The molecule has 0 aliphatic heterocycles. The van der Waals surface area contributed by atoms with Crippen LogP contribution in [0.4, 0.5) is 18.0 Å². The van der Waals surface area contributed by atoms with E-state index in [0.717, 1.165) is 5.56 Å². The van der Waals surface area contributed by atoms with Gasteiger partial charge in [-0.15, -0.1) is 0 Å². The number of ether oxygens (including phenoxy) is 1. The number of alkyl halides is 3. The van der Waals surface area contributed by atoms with Gasteiger partial charge in [-0.1, -0.05) is 29.4 Å². The minimum atomic E-state index is -4.68. The van der Waals surface area contributed by atoms with E-state index in [0.29, 0.717) is 18.7 Å². The summed E-state index contributed by atoms with van der Waals surface area (Å²) >= 11 is 0. The number of halogens is 3. The average Bonchev–Trinajstić information content (AvgIpc) is 3.04. The second-order valence-electron chi connectivity index (χ2n) is 4.72. The van der Waals surface area contributed by atoms with Gasteiger partial charge in [0.2, 0.25) is 5.82 Å². The van der Waals surface area contributed by atoms with Gasteiger partial charge >= 0.3 is 18.1 Å². The molecule has 130 valence electrons. The first-order valence-electron chi connectivity index (χ1n) is 6.91. The molecule has 7 nitrogen and oxygen atoms in total. The van der Waals surface area contributed by atoms with Crippen molar-refractivity contribution in [2.45, 2.75) is 12.7 Å². The number of carbonyl (C=O) groups excluding carboxylic acids is 1. The molecule has 1 heterocycles. The zero-order chi connectivity index (χ0) is 17.6. The van der Waals surface area contributed by atoms with Crippen molar-refractivity contribution in [2.75, 3.05) is 20.3 Å². The first kappa shape index (κ1) is 17.7. The molecular formula is C14H15F3N4O3. The molecule has 0 fully saturated rings. The smallest absolute Gasteiger partial charge is 0.383 e. The van der Waals surface area contributed by atoms with Gasteiger partial charge in [-0.25, -0.2) is 4.79 Å². The lowest BCUT2D eigenvalue weighted by Gasteiger charge is -2.07. The number of nitrogens with one attached hydrogen (secondary N) is 2. The largest absolute Gasteiger partial charge is 0.471 e. The van der Waals surface area contributed by atoms with E-state index in [9.17, 15) is 18.0 Å². The Hall–Kier alpha value is -2.62. The van der Waals surface area contributed by atoms with Crippen molar-refractivity contribution in [3.05, 3.63) is 35.7 Å². The van der Waals surface area contributed by atoms with Crippen LogP contribution < -0.4 is 10.6 Å². The number of nitrogens with zero attached hydrogens (tertiary/aromatic N) is 2. The number of methoxy groups -OCH3 is 1. The fourth-order valence-corrected chi connectivity index (χ4v) is 1.74. The molecular weight excluding hydrogens is 329 g/mol. The highest BCUT2D eigenvalue weighted by molar-refractivity contribution is 5.73. The summed E-state index contributed by atoms with van der Waals surface area (Å²) in [5.41, 5.74) is 1.14. The van der Waals surface area contributed by atoms with Crippen molar-refractivity contribution in [2.24, 2.45) is 0 Å². The Bertz CT molecular complexity index is 671. The van der Waals surface area contributed by atoms with Crippen LogP contribution in [0.15, 0.2) is 28.8 Å². The van der Waals surface area contributed by atoms with Crippen molar-refractivity contribution in [1.29, 1.82) is 0 Å². The number of hydrogen-bond donors (Lipinski definition) is 2. The maximum absolute atomic E-state index is 12.4. The summed E-state index contributed by atoms with van der Waals surface area (Å²) in [6.45, 7) is 1.06. The van der Waals surface area contributed by atoms with Crippen LogP contribution in [0, 0.1) is 0 Å². The number of carbonyl (C=O) groups is 1. The summed E-state index contributed by atoms with van der Waals surface area (Å²) in [7, 11) is 1.53. The third-order valence-electron chi connectivity index (χ3n) is 2.93. The lowest BCUT2D eigenvalue weighted by molar-refractivity contribution is -0.159. The molecule has 0 aliphatic carbocycles. The van der Waals surface area contributed by atoms with Crippen molar-refractivity contribution < 1.29 is 27.2 Å². The highest BCUT2D eigenvalue weighted by Gasteiger charge is 2.38. The van der Waals surface area contributed by atoms with Gasteiger partial charge in [0.05, 0.1) is 6.61 Å². The van der Waals surface area contributed by atoms with E-state index >= 15 is 0 Å². The predicted molar refractivity (Wildman–Crippen MR) is 76.9 cm³/mol. The van der Waals surface area contributed by atoms with Crippen LogP contribution in [-0.2, 0) is 17.5 Å². The molecule has 1 aromatic heterocycles. The highest BCUT2D eigenvalue weighted by atomic mass is 19.4. The molecule has 0 saturated carbocycles. The average molecular weight is 344 g/mol. The molecule has 10 heteroatoms. The number of hydrogen-bond acceptors (Lipinski definition) is 5. The van der Waals surface area contributed by atoms with E-state index in [4.69, 9.17) is 4.74 Å². The third-order valence-corrected chi connectivity index (χ3v) is 2.93. The summed E-state index contributed by atoms with van der Waals surface area (Å²) in [5.74, 6) is -1.55. The number of rotatable bonds is 6. The molecule has 2 N–H and O–H groups in total. The highest BCUT2D eigenvalue weighted by Crippen LogP contribution is 2.29. The number of urea groups is 1. The molecule has 24 heavy (non-hydrogen) atoms. The molecule has 0 saturated heterocycles. The number of benzene rings is 1. The van der Waals surface area contributed by atoms with Gasteiger partial charge in [-0.3, -0.25) is 0 Å². The number of amides is 2. The molecule has 0 radical (unpaired) electrons. The van der Waals surface area contributed by atoms with Crippen LogP contribution in [0.1, 0.15) is 11.5 Å². The Morgan fingerprint density at radius 3 is 2.54 bits per heavy atom. The summed E-state index contributed by atoms with van der Waals surface area (Å²) in [6.07, 6.45) is -4.68. The Morgan fingerprint density at radius 2 is 1.96 bits per heavy atom. The Morgan fingerprint density at radius 1 is 1.25 bits per heavy atom. The van der Waals surface area contributed by atoms with Crippen LogP contribution in [0.3, 0.4) is 0 Å². The van der Waals surface area contributed by atoms with Crippen molar-refractivity contribution in [1.82, 2.24) is 20.8 Å². The first-order valence-corrected chi connectivity index (χ1v) is 6.91. The fraction of sp³-hybridized carbons (Fsp3) is 0.357. The maximum atomic E-state index is 12.4. The Kier molecular flexibility index (Phi) is 5.74. The van der Waals surface area contributed by atoms with Gasteiger partial charge in [0.15, 0.2) is 0 Å². The molecule has 2 aromatic rings. The topological polar surface area (TPSA) is 89.3 Å². The Balaban J connectivity index is 1.91. The molecule has 0 unspecified atom stereocenters. The zero-order valence-corrected chi connectivity index (χ0v) is 12.7. The maximum Gasteiger partial charge on any atom is 0.471 e. The molecule has 2 rings (SSSR count). The van der Waals surface area contributed by atoms with Crippen LogP contribution in [0.25, 0.3) is 11.4 Å². The van der Waals surface area contributed by atoms with E-state index in [2.05, 4.69) is 25.3 Å². The molecule has 0 spiro atoms. The lowest BCUT2D eigenvalue weighted by atomic mass is 10.1. The summed E-state index contributed by atoms with van der Waals surface area (Å²) < 4.78 is 46.2. The van der Waals surface area contributed by atoms with E-state index in [1.807, 2.05) is 0 Å². The van der Waals surface area contributed by atoms with Gasteiger partial charge in [0.25, 0.3) is 0 Å². The van der Waals surface area contributed by atoms with Gasteiger partial charge in [0, 0.05) is 25.8 Å². The van der Waals surface area contributed by atoms with Crippen LogP contribution in [0.2, 0.25) is 0 Å². The first-order chi connectivity index (χ1) is 11.4. The van der Waals surface area contributed by atoms with Gasteiger partial charge in [0.1, 0.15) is 0 Å². The molecule has 2 amide bonds. The Labute approximate surface area is 135 Å². The van der Waals surface area contributed by atoms with Crippen molar-refractivity contribution >= 4 is 6.03 Å².